The SMILES string of the molecule is COc1nc2c(c(N3CCNC(C)C3)n1)C(=O)OC(c1c(C(F)(F)F)c(C)cc3[nH]ncc13)C2. The number of benzene rings is 1. The van der Waals surface area contributed by atoms with Gasteiger partial charge in [0, 0.05) is 43.0 Å². The second-order valence-corrected chi connectivity index (χ2v) is 8.57. The molecule has 34 heavy (non-hydrogen) atoms. The van der Waals surface area contributed by atoms with Crippen LogP contribution in [0.3, 0.4) is 0 Å². The molecule has 2 N–H and O–H groups in total. The summed E-state index contributed by atoms with van der Waals surface area (Å²) in [7, 11) is 1.40. The molecule has 1 saturated heterocycles. The molecule has 3 aromatic rings. The monoisotopic (exact) mass is 476 g/mol. The van der Waals surface area contributed by atoms with E-state index in [9.17, 15) is 18.0 Å². The molecule has 1 fully saturated rings. The molecule has 2 aromatic heterocycles. The zero-order valence-corrected chi connectivity index (χ0v) is 18.8. The second kappa shape index (κ2) is 8.12. The molecule has 180 valence electrons. The molecule has 12 heteroatoms. The number of aromatic amines is 1. The van der Waals surface area contributed by atoms with Crippen LogP contribution in [-0.4, -0.2) is 58.9 Å². The van der Waals surface area contributed by atoms with Gasteiger partial charge in [-0.2, -0.15) is 28.2 Å². The van der Waals surface area contributed by atoms with Gasteiger partial charge in [-0.25, -0.2) is 4.79 Å². The molecule has 0 radical (unpaired) electrons. The lowest BCUT2D eigenvalue weighted by Gasteiger charge is -2.35. The van der Waals surface area contributed by atoms with Gasteiger partial charge < -0.3 is 19.7 Å². The third-order valence-corrected chi connectivity index (χ3v) is 6.22. The lowest BCUT2D eigenvalue weighted by Crippen LogP contribution is -2.50. The van der Waals surface area contributed by atoms with E-state index in [1.54, 1.807) is 0 Å². The summed E-state index contributed by atoms with van der Waals surface area (Å²) in [5.41, 5.74) is -0.0728. The zero-order valence-electron chi connectivity index (χ0n) is 18.8. The Morgan fingerprint density at radius 3 is 2.79 bits per heavy atom. The van der Waals surface area contributed by atoms with Gasteiger partial charge in [-0.05, 0) is 25.5 Å². The zero-order chi connectivity index (χ0) is 24.2. The van der Waals surface area contributed by atoms with Crippen LogP contribution in [0.15, 0.2) is 12.3 Å². The van der Waals surface area contributed by atoms with Crippen molar-refractivity contribution in [3.05, 3.63) is 40.2 Å². The van der Waals surface area contributed by atoms with E-state index in [1.807, 2.05) is 11.8 Å². The van der Waals surface area contributed by atoms with Crippen molar-refractivity contribution in [3.8, 4) is 6.01 Å². The van der Waals surface area contributed by atoms with Crippen molar-refractivity contribution in [2.45, 2.75) is 38.6 Å². The molecule has 0 bridgehead atoms. The number of methoxy groups -OCH3 is 1. The highest BCUT2D eigenvalue weighted by molar-refractivity contribution is 5.97. The third kappa shape index (κ3) is 3.71. The number of nitrogens with one attached hydrogen (secondary N) is 2. The number of fused-ring (bicyclic) bond motifs is 2. The summed E-state index contributed by atoms with van der Waals surface area (Å²) in [6, 6.07) is 1.60. The topological polar surface area (TPSA) is 105 Å². The average molecular weight is 476 g/mol. The summed E-state index contributed by atoms with van der Waals surface area (Å²) in [6.07, 6.45) is -4.59. The number of ether oxygens (including phenoxy) is 2. The summed E-state index contributed by atoms with van der Waals surface area (Å²) in [5.74, 6) is -0.395. The maximum Gasteiger partial charge on any atom is 0.417 e. The number of esters is 1. The van der Waals surface area contributed by atoms with Crippen LogP contribution >= 0.6 is 0 Å². The van der Waals surface area contributed by atoms with Gasteiger partial charge >= 0.3 is 18.2 Å². The number of aromatic nitrogens is 4. The number of anilines is 1. The minimum Gasteiger partial charge on any atom is -0.467 e. The molecule has 0 aliphatic carbocycles. The molecule has 1 aromatic carbocycles. The Morgan fingerprint density at radius 2 is 2.09 bits per heavy atom. The van der Waals surface area contributed by atoms with E-state index in [-0.39, 0.29) is 40.5 Å². The first kappa shape index (κ1) is 22.4. The standard InChI is InChI=1S/C22H23F3N6O3/c1-10-6-13-12(8-27-30-13)16(18(10)22(23,24)25)15-7-14-17(20(32)34-15)19(29-21(28-14)33-3)31-5-4-26-11(2)9-31/h6,8,11,15,26H,4-5,7,9H2,1-3H3,(H,27,30). The summed E-state index contributed by atoms with van der Waals surface area (Å²) in [5, 5.41) is 10.2. The van der Waals surface area contributed by atoms with Crippen LogP contribution in [0.25, 0.3) is 10.9 Å². The molecule has 2 unspecified atom stereocenters. The quantitative estimate of drug-likeness (QED) is 0.556. The third-order valence-electron chi connectivity index (χ3n) is 6.22. The van der Waals surface area contributed by atoms with E-state index >= 15 is 0 Å². The fourth-order valence-electron chi connectivity index (χ4n) is 4.81. The molecule has 0 spiro atoms. The Kier molecular flexibility index (Phi) is 5.34. The summed E-state index contributed by atoms with van der Waals surface area (Å²) >= 11 is 0. The van der Waals surface area contributed by atoms with Crippen LogP contribution in [0.4, 0.5) is 19.0 Å². The largest absolute Gasteiger partial charge is 0.467 e. The van der Waals surface area contributed by atoms with Crippen LogP contribution < -0.4 is 15.0 Å². The number of aryl methyl sites for hydroxylation is 1. The number of nitrogens with zero attached hydrogens (tertiary/aromatic N) is 4. The Morgan fingerprint density at radius 1 is 1.29 bits per heavy atom. The van der Waals surface area contributed by atoms with Crippen LogP contribution in [-0.2, 0) is 17.3 Å². The average Bonchev–Trinajstić information content (AvgIpc) is 3.24. The Bertz CT molecular complexity index is 1270. The number of alkyl halides is 3. The van der Waals surface area contributed by atoms with Crippen molar-refractivity contribution < 1.29 is 27.4 Å². The van der Waals surface area contributed by atoms with Gasteiger partial charge in [-0.1, -0.05) is 0 Å². The molecule has 2 aliphatic heterocycles. The predicted octanol–water partition coefficient (Wildman–Crippen LogP) is 2.94. The first-order valence-electron chi connectivity index (χ1n) is 10.8. The fraction of sp³-hybridized carbons (Fsp3) is 0.455. The van der Waals surface area contributed by atoms with Crippen molar-refractivity contribution in [1.29, 1.82) is 0 Å². The summed E-state index contributed by atoms with van der Waals surface area (Å²) < 4.78 is 53.3. The molecule has 5 rings (SSSR count). The molecule has 4 heterocycles. The number of hydrogen-bond acceptors (Lipinski definition) is 8. The first-order chi connectivity index (χ1) is 16.2. The van der Waals surface area contributed by atoms with Gasteiger partial charge in [-0.3, -0.25) is 5.10 Å². The molecular weight excluding hydrogens is 453 g/mol. The van der Waals surface area contributed by atoms with E-state index in [0.717, 1.165) is 0 Å². The summed E-state index contributed by atoms with van der Waals surface area (Å²) in [4.78, 5) is 23.9. The normalized spacial score (nSPS) is 20.9. The van der Waals surface area contributed by atoms with Crippen molar-refractivity contribution in [3.63, 3.8) is 0 Å². The molecule has 2 atom stereocenters. The Balaban J connectivity index is 1.65. The number of carbonyl (C=O) groups excluding carboxylic acids is 1. The number of carbonyl (C=O) groups is 1. The van der Waals surface area contributed by atoms with Crippen molar-refractivity contribution in [1.82, 2.24) is 25.5 Å². The maximum atomic E-state index is 14.1. The van der Waals surface area contributed by atoms with Crippen LogP contribution in [0, 0.1) is 6.92 Å². The number of piperazine rings is 1. The van der Waals surface area contributed by atoms with Crippen LogP contribution in [0.1, 0.15) is 45.8 Å². The number of H-pyrrole nitrogens is 1. The van der Waals surface area contributed by atoms with Crippen LogP contribution in [0.5, 0.6) is 6.01 Å². The van der Waals surface area contributed by atoms with E-state index in [2.05, 4.69) is 25.5 Å². The molecule has 0 amide bonds. The minimum absolute atomic E-state index is 0.0110. The maximum absolute atomic E-state index is 14.1. The van der Waals surface area contributed by atoms with E-state index in [4.69, 9.17) is 9.47 Å². The smallest absolute Gasteiger partial charge is 0.417 e. The lowest BCUT2D eigenvalue weighted by molar-refractivity contribution is -0.139. The van der Waals surface area contributed by atoms with Gasteiger partial charge in [0.05, 0.1) is 30.1 Å². The Hall–Kier alpha value is -3.41. The Labute approximate surface area is 192 Å². The highest BCUT2D eigenvalue weighted by Crippen LogP contribution is 2.44. The van der Waals surface area contributed by atoms with Crippen LogP contribution in [0.2, 0.25) is 0 Å². The van der Waals surface area contributed by atoms with Crippen molar-refractivity contribution >= 4 is 22.7 Å². The number of cyclic esters (lactones) is 1. The van der Waals surface area contributed by atoms with E-state index in [0.29, 0.717) is 36.7 Å². The number of rotatable bonds is 3. The molecule has 2 aliphatic rings. The first-order valence-corrected chi connectivity index (χ1v) is 10.8. The van der Waals surface area contributed by atoms with E-state index in [1.165, 1.54) is 26.3 Å². The highest BCUT2D eigenvalue weighted by atomic mass is 19.4. The van der Waals surface area contributed by atoms with Crippen molar-refractivity contribution in [2.75, 3.05) is 31.6 Å². The minimum atomic E-state index is -4.65. The van der Waals surface area contributed by atoms with Gasteiger partial charge in [-0.15, -0.1) is 0 Å². The van der Waals surface area contributed by atoms with Gasteiger partial charge in [0.15, 0.2) is 5.82 Å². The van der Waals surface area contributed by atoms with Crippen molar-refractivity contribution in [2.24, 2.45) is 0 Å². The van der Waals surface area contributed by atoms with Gasteiger partial charge in [0.25, 0.3) is 0 Å². The van der Waals surface area contributed by atoms with E-state index < -0.39 is 23.8 Å². The number of halogens is 3. The molecular formula is C22H23F3N6O3. The molecule has 0 saturated carbocycles. The number of hydrogen-bond donors (Lipinski definition) is 2. The second-order valence-electron chi connectivity index (χ2n) is 8.57. The molecule has 9 nitrogen and oxygen atoms in total. The predicted molar refractivity (Wildman–Crippen MR) is 116 cm³/mol. The van der Waals surface area contributed by atoms with Gasteiger partial charge in [0.1, 0.15) is 11.7 Å². The summed E-state index contributed by atoms with van der Waals surface area (Å²) in [6.45, 7) is 5.27. The van der Waals surface area contributed by atoms with Gasteiger partial charge in [0.2, 0.25) is 0 Å². The lowest BCUT2D eigenvalue weighted by atomic mass is 9.89. The highest BCUT2D eigenvalue weighted by Gasteiger charge is 2.42. The fourth-order valence-corrected chi connectivity index (χ4v) is 4.81.